The van der Waals surface area contributed by atoms with E-state index in [1.54, 1.807) is 12.1 Å². The molecule has 0 heterocycles. The van der Waals surface area contributed by atoms with E-state index in [2.05, 4.69) is 25.5 Å². The zero-order chi connectivity index (χ0) is 12.2. The number of rotatable bonds is 5. The molecule has 1 aromatic rings. The van der Waals surface area contributed by atoms with E-state index < -0.39 is 6.61 Å². The smallest absolute Gasteiger partial charge is 0.387 e. The molecule has 1 nitrogen and oxygen atoms in total. The quantitative estimate of drug-likeness (QED) is 0.731. The molecular formula is C13H18F2O. The molecule has 0 aliphatic rings. The van der Waals surface area contributed by atoms with Crippen LogP contribution in [0.3, 0.4) is 0 Å². The van der Waals surface area contributed by atoms with Crippen LogP contribution in [0, 0.1) is 5.41 Å². The third kappa shape index (κ3) is 3.80. The van der Waals surface area contributed by atoms with Crippen molar-refractivity contribution in [2.75, 3.05) is 0 Å². The Balaban J connectivity index is 2.86. The molecule has 0 N–H and O–H groups in total. The number of alkyl halides is 2. The van der Waals surface area contributed by atoms with Gasteiger partial charge in [0.15, 0.2) is 0 Å². The largest absolute Gasteiger partial charge is 0.435 e. The van der Waals surface area contributed by atoms with Crippen molar-refractivity contribution in [2.45, 2.75) is 40.2 Å². The van der Waals surface area contributed by atoms with Crippen molar-refractivity contribution < 1.29 is 13.5 Å². The molecule has 16 heavy (non-hydrogen) atoms. The van der Waals surface area contributed by atoms with E-state index in [-0.39, 0.29) is 5.41 Å². The summed E-state index contributed by atoms with van der Waals surface area (Å²) in [4.78, 5) is 0. The average Bonchev–Trinajstić information content (AvgIpc) is 2.20. The summed E-state index contributed by atoms with van der Waals surface area (Å²) in [5.41, 5.74) is 0.941. The van der Waals surface area contributed by atoms with Crippen molar-refractivity contribution >= 4 is 0 Å². The SMILES string of the molecule is CCC(C)(C)Cc1ccccc1OC(F)F. The molecule has 1 rings (SSSR count). The first-order chi connectivity index (χ1) is 7.44. The Morgan fingerprint density at radius 2 is 1.88 bits per heavy atom. The van der Waals surface area contributed by atoms with Gasteiger partial charge >= 0.3 is 6.61 Å². The summed E-state index contributed by atoms with van der Waals surface area (Å²) in [6.07, 6.45) is 1.74. The first kappa shape index (κ1) is 12.9. The summed E-state index contributed by atoms with van der Waals surface area (Å²) in [7, 11) is 0. The van der Waals surface area contributed by atoms with Crippen LogP contribution in [0.5, 0.6) is 5.75 Å². The van der Waals surface area contributed by atoms with Crippen LogP contribution in [0.4, 0.5) is 8.78 Å². The minimum Gasteiger partial charge on any atom is -0.435 e. The Morgan fingerprint density at radius 1 is 1.25 bits per heavy atom. The van der Waals surface area contributed by atoms with Crippen LogP contribution < -0.4 is 4.74 Å². The minimum atomic E-state index is -2.76. The van der Waals surface area contributed by atoms with E-state index in [1.165, 1.54) is 0 Å². The molecular weight excluding hydrogens is 210 g/mol. The van der Waals surface area contributed by atoms with E-state index in [9.17, 15) is 8.78 Å². The first-order valence-electron chi connectivity index (χ1n) is 5.47. The fraction of sp³-hybridized carbons (Fsp3) is 0.538. The van der Waals surface area contributed by atoms with Crippen LogP contribution in [0.25, 0.3) is 0 Å². The van der Waals surface area contributed by atoms with Gasteiger partial charge in [-0.2, -0.15) is 8.78 Å². The van der Waals surface area contributed by atoms with Crippen molar-refractivity contribution in [3.63, 3.8) is 0 Å². The predicted molar refractivity (Wildman–Crippen MR) is 60.9 cm³/mol. The summed E-state index contributed by atoms with van der Waals surface area (Å²) in [5, 5.41) is 0. The molecule has 0 unspecified atom stereocenters. The number of hydrogen-bond donors (Lipinski definition) is 0. The van der Waals surface area contributed by atoms with Gasteiger partial charge in [0.1, 0.15) is 5.75 Å². The van der Waals surface area contributed by atoms with Crippen molar-refractivity contribution in [2.24, 2.45) is 5.41 Å². The van der Waals surface area contributed by atoms with Gasteiger partial charge in [-0.05, 0) is 23.5 Å². The first-order valence-corrected chi connectivity index (χ1v) is 5.47. The Hall–Kier alpha value is -1.12. The lowest BCUT2D eigenvalue weighted by molar-refractivity contribution is -0.0506. The van der Waals surface area contributed by atoms with Gasteiger partial charge in [0.05, 0.1) is 0 Å². The summed E-state index contributed by atoms with van der Waals surface area (Å²) in [5.74, 6) is 0.291. The van der Waals surface area contributed by atoms with Crippen molar-refractivity contribution in [3.05, 3.63) is 29.8 Å². The van der Waals surface area contributed by atoms with Gasteiger partial charge in [-0.25, -0.2) is 0 Å². The van der Waals surface area contributed by atoms with Crippen LogP contribution >= 0.6 is 0 Å². The van der Waals surface area contributed by atoms with Crippen LogP contribution in [0.1, 0.15) is 32.8 Å². The highest BCUT2D eigenvalue weighted by atomic mass is 19.3. The topological polar surface area (TPSA) is 9.23 Å². The lowest BCUT2D eigenvalue weighted by Gasteiger charge is -2.23. The lowest BCUT2D eigenvalue weighted by Crippen LogP contribution is -2.15. The van der Waals surface area contributed by atoms with Crippen LogP contribution in [0.15, 0.2) is 24.3 Å². The molecule has 0 atom stereocenters. The number of benzene rings is 1. The molecule has 0 aliphatic carbocycles. The van der Waals surface area contributed by atoms with Crippen LogP contribution in [-0.4, -0.2) is 6.61 Å². The second-order valence-corrected chi connectivity index (χ2v) is 4.68. The molecule has 1 aromatic carbocycles. The van der Waals surface area contributed by atoms with Crippen LogP contribution in [-0.2, 0) is 6.42 Å². The standard InChI is InChI=1S/C13H18F2O/c1-4-13(2,3)9-10-7-5-6-8-11(10)16-12(14)15/h5-8,12H,4,9H2,1-3H3. The fourth-order valence-electron chi connectivity index (χ4n) is 1.50. The monoisotopic (exact) mass is 228 g/mol. The van der Waals surface area contributed by atoms with Gasteiger partial charge in [-0.3, -0.25) is 0 Å². The Labute approximate surface area is 95.4 Å². The molecule has 0 radical (unpaired) electrons. The molecule has 3 heteroatoms. The van der Waals surface area contributed by atoms with Crippen molar-refractivity contribution in [1.82, 2.24) is 0 Å². The fourth-order valence-corrected chi connectivity index (χ4v) is 1.50. The van der Waals surface area contributed by atoms with Gasteiger partial charge in [0, 0.05) is 0 Å². The maximum atomic E-state index is 12.2. The highest BCUT2D eigenvalue weighted by Gasteiger charge is 2.19. The minimum absolute atomic E-state index is 0.0988. The van der Waals surface area contributed by atoms with Gasteiger partial charge in [-0.15, -0.1) is 0 Å². The lowest BCUT2D eigenvalue weighted by atomic mass is 9.83. The van der Waals surface area contributed by atoms with Gasteiger partial charge in [-0.1, -0.05) is 45.4 Å². The van der Waals surface area contributed by atoms with Gasteiger partial charge in [0.25, 0.3) is 0 Å². The number of halogens is 2. The summed E-state index contributed by atoms with van der Waals surface area (Å²) >= 11 is 0. The van der Waals surface area contributed by atoms with Gasteiger partial charge in [0.2, 0.25) is 0 Å². The zero-order valence-electron chi connectivity index (χ0n) is 9.97. The van der Waals surface area contributed by atoms with Gasteiger partial charge < -0.3 is 4.74 Å². The second kappa shape index (κ2) is 5.28. The van der Waals surface area contributed by atoms with E-state index >= 15 is 0 Å². The second-order valence-electron chi connectivity index (χ2n) is 4.68. The molecule has 0 saturated carbocycles. The third-order valence-corrected chi connectivity index (χ3v) is 2.81. The highest BCUT2D eigenvalue weighted by molar-refractivity contribution is 5.34. The number of hydrogen-bond acceptors (Lipinski definition) is 1. The molecule has 0 bridgehead atoms. The number of ether oxygens (including phenoxy) is 1. The zero-order valence-corrected chi connectivity index (χ0v) is 9.97. The summed E-state index contributed by atoms with van der Waals surface area (Å²) < 4.78 is 28.9. The van der Waals surface area contributed by atoms with E-state index in [0.29, 0.717) is 5.75 Å². The molecule has 0 aliphatic heterocycles. The summed E-state index contributed by atoms with van der Waals surface area (Å²) in [6, 6.07) is 6.99. The molecule has 0 saturated heterocycles. The number of para-hydroxylation sites is 1. The Bertz CT molecular complexity index is 334. The maximum absolute atomic E-state index is 12.2. The van der Waals surface area contributed by atoms with E-state index in [0.717, 1.165) is 18.4 Å². The van der Waals surface area contributed by atoms with E-state index in [1.807, 2.05) is 12.1 Å². The van der Waals surface area contributed by atoms with Crippen molar-refractivity contribution in [3.8, 4) is 5.75 Å². The molecule has 0 aromatic heterocycles. The van der Waals surface area contributed by atoms with Crippen LogP contribution in [0.2, 0.25) is 0 Å². The highest BCUT2D eigenvalue weighted by Crippen LogP contribution is 2.30. The molecule has 0 spiro atoms. The maximum Gasteiger partial charge on any atom is 0.387 e. The summed E-state index contributed by atoms with van der Waals surface area (Å²) in [6.45, 7) is 3.57. The molecule has 0 amide bonds. The Morgan fingerprint density at radius 3 is 2.44 bits per heavy atom. The predicted octanol–water partition coefficient (Wildman–Crippen LogP) is 4.27. The van der Waals surface area contributed by atoms with Crippen molar-refractivity contribution in [1.29, 1.82) is 0 Å². The molecule has 90 valence electrons. The third-order valence-electron chi connectivity index (χ3n) is 2.81. The molecule has 0 fully saturated rings. The average molecular weight is 228 g/mol. The van der Waals surface area contributed by atoms with E-state index in [4.69, 9.17) is 0 Å². The Kier molecular flexibility index (Phi) is 4.27. The normalized spacial score (nSPS) is 11.9.